The molecule has 1 amide bonds. The smallest absolute Gasteiger partial charge is 0.261 e. The number of rotatable bonds is 5. The van der Waals surface area contributed by atoms with Crippen molar-refractivity contribution in [1.29, 1.82) is 0 Å². The number of piperazine rings is 1. The van der Waals surface area contributed by atoms with Crippen LogP contribution < -0.4 is 5.56 Å². The fourth-order valence-electron chi connectivity index (χ4n) is 3.95. The van der Waals surface area contributed by atoms with Crippen molar-refractivity contribution in [3.05, 3.63) is 87.7 Å². The van der Waals surface area contributed by atoms with Gasteiger partial charge in [0.25, 0.3) is 11.5 Å². The number of H-pyrrole nitrogens is 1. The third-order valence-electron chi connectivity index (χ3n) is 5.87. The molecule has 1 aromatic heterocycles. The number of benzene rings is 2. The summed E-state index contributed by atoms with van der Waals surface area (Å²) < 4.78 is 27.3. The van der Waals surface area contributed by atoms with E-state index in [1.165, 1.54) is 40.4 Å². The number of nitrogens with one attached hydrogen (secondary N) is 1. The topological polar surface area (TPSA) is 108 Å². The Kier molecular flexibility index (Phi) is 6.49. The van der Waals surface area contributed by atoms with Gasteiger partial charge in [-0.15, -0.1) is 0 Å². The molecule has 2 heterocycles. The van der Waals surface area contributed by atoms with Gasteiger partial charge >= 0.3 is 0 Å². The quantitative estimate of drug-likeness (QED) is 0.566. The molecular weight excluding hydrogens is 454 g/mol. The average Bonchev–Trinajstić information content (AvgIpc) is 2.83. The number of Topliss-reactive ketones (excluding diaryl/α,β-unsaturated/α-hetero) is 1. The Morgan fingerprint density at radius 1 is 0.912 bits per heavy atom. The first kappa shape index (κ1) is 23.6. The van der Waals surface area contributed by atoms with E-state index in [0.717, 1.165) is 11.1 Å². The van der Waals surface area contributed by atoms with Crippen molar-refractivity contribution in [3.8, 4) is 11.3 Å². The predicted octanol–water partition coefficient (Wildman–Crippen LogP) is 2.70. The zero-order valence-electron chi connectivity index (χ0n) is 18.9. The lowest BCUT2D eigenvalue weighted by atomic mass is 10.1. The molecule has 34 heavy (non-hydrogen) atoms. The molecule has 2 aromatic carbocycles. The molecule has 0 atom stereocenters. The maximum absolute atomic E-state index is 13.0. The van der Waals surface area contributed by atoms with Gasteiger partial charge in [-0.3, -0.25) is 14.4 Å². The van der Waals surface area contributed by atoms with Crippen LogP contribution in [-0.4, -0.2) is 60.5 Å². The number of carbonyl (C=O) groups is 2. The SMILES string of the molecule is CC(=O)c1cccc(S(=O)(=O)N2CCN(C(=O)c3ccc(-c4cccc(C)c4)[nH]c3=O)CC2)c1. The molecule has 0 aliphatic carbocycles. The normalized spacial score (nSPS) is 14.7. The van der Waals surface area contributed by atoms with E-state index in [-0.39, 0.29) is 42.4 Å². The van der Waals surface area contributed by atoms with Gasteiger partial charge in [-0.05, 0) is 49.7 Å². The van der Waals surface area contributed by atoms with E-state index >= 15 is 0 Å². The van der Waals surface area contributed by atoms with Gasteiger partial charge in [0.1, 0.15) is 5.56 Å². The number of ketones is 1. The zero-order chi connectivity index (χ0) is 24.5. The van der Waals surface area contributed by atoms with E-state index in [1.54, 1.807) is 12.1 Å². The van der Waals surface area contributed by atoms with E-state index in [1.807, 2.05) is 31.2 Å². The Bertz CT molecular complexity index is 1420. The Morgan fingerprint density at radius 2 is 1.62 bits per heavy atom. The second-order valence-corrected chi connectivity index (χ2v) is 10.2. The van der Waals surface area contributed by atoms with Gasteiger partial charge in [0.15, 0.2) is 5.78 Å². The molecule has 0 spiro atoms. The number of aromatic nitrogens is 1. The van der Waals surface area contributed by atoms with Crippen molar-refractivity contribution in [2.45, 2.75) is 18.7 Å². The third-order valence-corrected chi connectivity index (χ3v) is 7.77. The first-order valence-electron chi connectivity index (χ1n) is 10.9. The molecule has 1 aliphatic heterocycles. The Labute approximate surface area is 197 Å². The summed E-state index contributed by atoms with van der Waals surface area (Å²) in [6, 6.07) is 16.8. The molecule has 8 nitrogen and oxygen atoms in total. The molecule has 1 saturated heterocycles. The lowest BCUT2D eigenvalue weighted by Gasteiger charge is -2.34. The number of sulfonamides is 1. The van der Waals surface area contributed by atoms with Crippen LogP contribution in [0, 0.1) is 6.92 Å². The lowest BCUT2D eigenvalue weighted by Crippen LogP contribution is -2.51. The summed E-state index contributed by atoms with van der Waals surface area (Å²) in [5, 5.41) is 0. The van der Waals surface area contributed by atoms with Gasteiger partial charge in [0, 0.05) is 37.4 Å². The summed E-state index contributed by atoms with van der Waals surface area (Å²) in [5.41, 5.74) is 2.38. The van der Waals surface area contributed by atoms with E-state index < -0.39 is 21.5 Å². The van der Waals surface area contributed by atoms with Crippen LogP contribution in [0.3, 0.4) is 0 Å². The molecule has 9 heteroatoms. The molecular formula is C25H25N3O5S. The van der Waals surface area contributed by atoms with Crippen LogP contribution in [0.2, 0.25) is 0 Å². The number of aryl methyl sites for hydroxylation is 1. The van der Waals surface area contributed by atoms with Crippen LogP contribution in [0.5, 0.6) is 0 Å². The maximum Gasteiger partial charge on any atom is 0.261 e. The maximum atomic E-state index is 13.0. The monoisotopic (exact) mass is 479 g/mol. The summed E-state index contributed by atoms with van der Waals surface area (Å²) in [5.74, 6) is -0.654. The molecule has 1 N–H and O–H groups in total. The van der Waals surface area contributed by atoms with Crippen molar-refractivity contribution < 1.29 is 18.0 Å². The molecule has 0 radical (unpaired) electrons. The number of nitrogens with zero attached hydrogens (tertiary/aromatic N) is 2. The number of hydrogen-bond donors (Lipinski definition) is 1. The summed E-state index contributed by atoms with van der Waals surface area (Å²) >= 11 is 0. The summed E-state index contributed by atoms with van der Waals surface area (Å²) in [4.78, 5) is 41.5. The van der Waals surface area contributed by atoms with Gasteiger partial charge in [-0.1, -0.05) is 35.9 Å². The highest BCUT2D eigenvalue weighted by atomic mass is 32.2. The average molecular weight is 480 g/mol. The van der Waals surface area contributed by atoms with Crippen molar-refractivity contribution >= 4 is 21.7 Å². The third kappa shape index (κ3) is 4.71. The minimum Gasteiger partial charge on any atom is -0.336 e. The number of pyridine rings is 1. The Balaban J connectivity index is 1.47. The highest BCUT2D eigenvalue weighted by Crippen LogP contribution is 2.21. The Hall–Kier alpha value is -3.56. The van der Waals surface area contributed by atoms with Gasteiger partial charge in [-0.2, -0.15) is 4.31 Å². The van der Waals surface area contributed by atoms with Gasteiger partial charge in [0.2, 0.25) is 10.0 Å². The van der Waals surface area contributed by atoms with Gasteiger partial charge < -0.3 is 9.88 Å². The first-order chi connectivity index (χ1) is 16.2. The molecule has 4 rings (SSSR count). The van der Waals surface area contributed by atoms with E-state index in [0.29, 0.717) is 11.3 Å². The molecule has 0 unspecified atom stereocenters. The van der Waals surface area contributed by atoms with Crippen LogP contribution >= 0.6 is 0 Å². The van der Waals surface area contributed by atoms with Gasteiger partial charge in [0.05, 0.1) is 4.90 Å². The number of carbonyl (C=O) groups excluding carboxylic acids is 2. The fourth-order valence-corrected chi connectivity index (χ4v) is 5.42. The number of hydrogen-bond acceptors (Lipinski definition) is 5. The van der Waals surface area contributed by atoms with Gasteiger partial charge in [-0.25, -0.2) is 8.42 Å². The highest BCUT2D eigenvalue weighted by molar-refractivity contribution is 7.89. The van der Waals surface area contributed by atoms with Crippen LogP contribution in [0.15, 0.2) is 70.4 Å². The lowest BCUT2D eigenvalue weighted by molar-refractivity contribution is 0.0696. The Morgan fingerprint density at radius 3 is 2.26 bits per heavy atom. The summed E-state index contributed by atoms with van der Waals surface area (Å²) in [6.07, 6.45) is 0. The van der Waals surface area contributed by atoms with Crippen LogP contribution in [0.25, 0.3) is 11.3 Å². The van der Waals surface area contributed by atoms with E-state index in [4.69, 9.17) is 0 Å². The van der Waals surface area contributed by atoms with E-state index in [2.05, 4.69) is 4.98 Å². The van der Waals surface area contributed by atoms with Crippen molar-refractivity contribution in [2.24, 2.45) is 0 Å². The second-order valence-electron chi connectivity index (χ2n) is 8.26. The van der Waals surface area contributed by atoms with Crippen LogP contribution in [-0.2, 0) is 10.0 Å². The first-order valence-corrected chi connectivity index (χ1v) is 12.3. The standard InChI is InChI=1S/C25H25N3O5S/c1-17-5-3-7-20(15-17)23-10-9-22(24(30)26-23)25(31)27-11-13-28(14-12-27)34(32,33)21-8-4-6-19(16-21)18(2)29/h3-10,15-16H,11-14H2,1-2H3,(H,26,30). The van der Waals surface area contributed by atoms with E-state index in [9.17, 15) is 22.8 Å². The second kappa shape index (κ2) is 9.36. The largest absolute Gasteiger partial charge is 0.336 e. The van der Waals surface area contributed by atoms with Crippen molar-refractivity contribution in [3.63, 3.8) is 0 Å². The summed E-state index contributed by atoms with van der Waals surface area (Å²) in [6.45, 7) is 3.84. The molecule has 0 bridgehead atoms. The van der Waals surface area contributed by atoms with Crippen LogP contribution in [0.1, 0.15) is 33.2 Å². The number of amides is 1. The molecule has 0 saturated carbocycles. The highest BCUT2D eigenvalue weighted by Gasteiger charge is 2.31. The predicted molar refractivity (Wildman–Crippen MR) is 128 cm³/mol. The van der Waals surface area contributed by atoms with Crippen molar-refractivity contribution in [2.75, 3.05) is 26.2 Å². The zero-order valence-corrected chi connectivity index (χ0v) is 19.8. The molecule has 3 aromatic rings. The minimum atomic E-state index is -3.80. The minimum absolute atomic E-state index is 0.0156. The molecule has 1 fully saturated rings. The summed E-state index contributed by atoms with van der Waals surface area (Å²) in [7, 11) is -3.80. The van der Waals surface area contributed by atoms with Crippen molar-refractivity contribution in [1.82, 2.24) is 14.2 Å². The molecule has 176 valence electrons. The number of aromatic amines is 1. The fraction of sp³-hybridized carbons (Fsp3) is 0.240. The molecule has 1 aliphatic rings. The van der Waals surface area contributed by atoms with Crippen LogP contribution in [0.4, 0.5) is 0 Å².